The molecule has 2 heteroatoms. The predicted octanol–water partition coefficient (Wildman–Crippen LogP) is 0.539. The third-order valence-electron chi connectivity index (χ3n) is 3.63. The van der Waals surface area contributed by atoms with Crippen molar-refractivity contribution in [1.29, 1.82) is 0 Å². The van der Waals surface area contributed by atoms with Gasteiger partial charge in [0.2, 0.25) is 0 Å². The van der Waals surface area contributed by atoms with Gasteiger partial charge in [-0.05, 0) is 12.8 Å². The van der Waals surface area contributed by atoms with Crippen molar-refractivity contribution in [2.24, 2.45) is 0 Å². The number of piperidine rings is 1. The van der Waals surface area contributed by atoms with Gasteiger partial charge in [0, 0.05) is 38.3 Å². The molecule has 4 saturated heterocycles. The van der Waals surface area contributed by atoms with Crippen LogP contribution in [0.15, 0.2) is 0 Å². The number of piperazine rings is 3. The van der Waals surface area contributed by atoms with Crippen LogP contribution < -0.4 is 0 Å². The van der Waals surface area contributed by atoms with Crippen molar-refractivity contribution >= 4 is 0 Å². The van der Waals surface area contributed by atoms with Gasteiger partial charge in [-0.2, -0.15) is 0 Å². The Morgan fingerprint density at radius 2 is 1.64 bits per heavy atom. The van der Waals surface area contributed by atoms with Crippen molar-refractivity contribution in [1.82, 2.24) is 9.80 Å². The minimum absolute atomic E-state index is 0.941. The minimum atomic E-state index is 0.941. The summed E-state index contributed by atoms with van der Waals surface area (Å²) >= 11 is 0. The van der Waals surface area contributed by atoms with Gasteiger partial charge in [0.05, 0.1) is 0 Å². The van der Waals surface area contributed by atoms with Crippen molar-refractivity contribution in [3.63, 3.8) is 0 Å². The molecule has 0 aromatic heterocycles. The molecule has 0 N–H and O–H groups in total. The summed E-state index contributed by atoms with van der Waals surface area (Å²) in [6.45, 7) is 5.44. The molecule has 4 bridgehead atoms. The number of fused-ring (bicyclic) bond motifs is 1. The lowest BCUT2D eigenvalue weighted by Crippen LogP contribution is -2.67. The van der Waals surface area contributed by atoms with E-state index in [1.165, 1.54) is 45.4 Å². The first-order chi connectivity index (χ1) is 5.43. The van der Waals surface area contributed by atoms with E-state index in [0.29, 0.717) is 0 Å². The highest BCUT2D eigenvalue weighted by molar-refractivity contribution is 4.97. The van der Waals surface area contributed by atoms with Gasteiger partial charge in [0.15, 0.2) is 0 Å². The van der Waals surface area contributed by atoms with E-state index >= 15 is 0 Å². The van der Waals surface area contributed by atoms with Gasteiger partial charge >= 0.3 is 0 Å². The molecule has 0 amide bonds. The van der Waals surface area contributed by atoms with Crippen LogP contribution in [0.1, 0.15) is 19.3 Å². The molecule has 4 fully saturated rings. The highest BCUT2D eigenvalue weighted by Crippen LogP contribution is 2.31. The Hall–Kier alpha value is -0.0800. The van der Waals surface area contributed by atoms with Crippen LogP contribution in [-0.2, 0) is 0 Å². The lowest BCUT2D eigenvalue weighted by molar-refractivity contribution is -0.0585. The van der Waals surface area contributed by atoms with Crippen LogP contribution in [-0.4, -0.2) is 48.1 Å². The van der Waals surface area contributed by atoms with E-state index in [1.807, 2.05) is 0 Å². The summed E-state index contributed by atoms with van der Waals surface area (Å²) in [5.41, 5.74) is 0. The van der Waals surface area contributed by atoms with Crippen LogP contribution in [0, 0.1) is 0 Å². The summed E-state index contributed by atoms with van der Waals surface area (Å²) in [5, 5.41) is 0. The molecule has 4 heterocycles. The van der Waals surface area contributed by atoms with Crippen molar-refractivity contribution in [3.8, 4) is 0 Å². The maximum atomic E-state index is 2.77. The summed E-state index contributed by atoms with van der Waals surface area (Å²) < 4.78 is 0. The SMILES string of the molecule is C1CC2CN3CCN2C(C1)C3. The van der Waals surface area contributed by atoms with E-state index < -0.39 is 0 Å². The quantitative estimate of drug-likeness (QED) is 0.500. The van der Waals surface area contributed by atoms with E-state index in [2.05, 4.69) is 9.80 Å². The zero-order valence-corrected chi connectivity index (χ0v) is 7.00. The van der Waals surface area contributed by atoms with Crippen molar-refractivity contribution < 1.29 is 0 Å². The summed E-state index contributed by atoms with van der Waals surface area (Å²) in [4.78, 5) is 5.43. The third kappa shape index (κ3) is 0.859. The molecule has 4 aliphatic heterocycles. The fourth-order valence-electron chi connectivity index (χ4n) is 3.09. The van der Waals surface area contributed by atoms with E-state index in [-0.39, 0.29) is 0 Å². The van der Waals surface area contributed by atoms with E-state index in [1.54, 1.807) is 0 Å². The van der Waals surface area contributed by atoms with Crippen molar-refractivity contribution in [2.75, 3.05) is 26.2 Å². The smallest absolute Gasteiger partial charge is 0.0227 e. The molecular weight excluding hydrogens is 136 g/mol. The van der Waals surface area contributed by atoms with Crippen LogP contribution in [0.25, 0.3) is 0 Å². The molecule has 2 atom stereocenters. The fourth-order valence-corrected chi connectivity index (χ4v) is 3.09. The number of hydrogen-bond acceptors (Lipinski definition) is 2. The second kappa shape index (κ2) is 2.20. The standard InChI is InChI=1S/C9H16N2/c1-2-8-6-10-4-5-11(8)9(3-1)7-10/h8-9H,1-7H2. The van der Waals surface area contributed by atoms with Gasteiger partial charge in [-0.15, -0.1) is 0 Å². The normalized spacial score (nSPS) is 54.5. The Morgan fingerprint density at radius 1 is 0.909 bits per heavy atom. The lowest BCUT2D eigenvalue weighted by Gasteiger charge is -2.55. The summed E-state index contributed by atoms with van der Waals surface area (Å²) in [7, 11) is 0. The van der Waals surface area contributed by atoms with Crippen LogP contribution in [0.5, 0.6) is 0 Å². The van der Waals surface area contributed by atoms with Gasteiger partial charge in [-0.1, -0.05) is 6.42 Å². The molecule has 2 nitrogen and oxygen atoms in total. The Kier molecular flexibility index (Phi) is 1.29. The van der Waals surface area contributed by atoms with Gasteiger partial charge in [0.1, 0.15) is 0 Å². The third-order valence-corrected chi connectivity index (χ3v) is 3.63. The molecule has 4 rings (SSSR count). The maximum absolute atomic E-state index is 2.77. The lowest BCUT2D eigenvalue weighted by atomic mass is 9.89. The van der Waals surface area contributed by atoms with E-state index in [0.717, 1.165) is 12.1 Å². The van der Waals surface area contributed by atoms with E-state index in [4.69, 9.17) is 0 Å². The Balaban J connectivity index is 1.88. The summed E-state index contributed by atoms with van der Waals surface area (Å²) in [6.07, 6.45) is 4.42. The first-order valence-electron chi connectivity index (χ1n) is 4.91. The van der Waals surface area contributed by atoms with Crippen LogP contribution in [0.3, 0.4) is 0 Å². The molecule has 0 saturated carbocycles. The molecule has 11 heavy (non-hydrogen) atoms. The molecule has 0 radical (unpaired) electrons. The number of nitrogens with zero attached hydrogens (tertiary/aromatic N) is 2. The first-order valence-corrected chi connectivity index (χ1v) is 4.91. The maximum Gasteiger partial charge on any atom is 0.0227 e. The number of rotatable bonds is 0. The van der Waals surface area contributed by atoms with Crippen LogP contribution >= 0.6 is 0 Å². The van der Waals surface area contributed by atoms with Crippen LogP contribution in [0.2, 0.25) is 0 Å². The summed E-state index contributed by atoms with van der Waals surface area (Å²) in [6, 6.07) is 1.88. The molecule has 0 aliphatic carbocycles. The second-order valence-corrected chi connectivity index (χ2v) is 4.24. The van der Waals surface area contributed by atoms with Crippen molar-refractivity contribution in [3.05, 3.63) is 0 Å². The molecule has 0 aromatic carbocycles. The second-order valence-electron chi connectivity index (χ2n) is 4.24. The molecule has 0 spiro atoms. The first kappa shape index (κ1) is 6.44. The van der Waals surface area contributed by atoms with E-state index in [9.17, 15) is 0 Å². The molecular formula is C9H16N2. The fraction of sp³-hybridized carbons (Fsp3) is 1.00. The molecule has 62 valence electrons. The molecule has 0 aromatic rings. The average Bonchev–Trinajstić information content (AvgIpc) is 2.05. The van der Waals surface area contributed by atoms with Gasteiger partial charge in [-0.3, -0.25) is 9.80 Å². The molecule has 2 unspecified atom stereocenters. The zero-order chi connectivity index (χ0) is 7.26. The van der Waals surface area contributed by atoms with Gasteiger partial charge < -0.3 is 0 Å². The summed E-state index contributed by atoms with van der Waals surface area (Å²) in [5.74, 6) is 0. The monoisotopic (exact) mass is 152 g/mol. The van der Waals surface area contributed by atoms with Crippen LogP contribution in [0.4, 0.5) is 0 Å². The number of hydrogen-bond donors (Lipinski definition) is 0. The Bertz CT molecular complexity index is 155. The van der Waals surface area contributed by atoms with Crippen molar-refractivity contribution in [2.45, 2.75) is 31.3 Å². The zero-order valence-electron chi connectivity index (χ0n) is 7.00. The predicted molar refractivity (Wildman–Crippen MR) is 44.6 cm³/mol. The Labute approximate surface area is 68.2 Å². The van der Waals surface area contributed by atoms with Gasteiger partial charge in [-0.25, -0.2) is 0 Å². The van der Waals surface area contributed by atoms with Gasteiger partial charge in [0.25, 0.3) is 0 Å². The largest absolute Gasteiger partial charge is 0.299 e. The Morgan fingerprint density at radius 3 is 2.18 bits per heavy atom. The highest BCUT2D eigenvalue weighted by Gasteiger charge is 2.40. The highest BCUT2D eigenvalue weighted by atomic mass is 15.4. The average molecular weight is 152 g/mol. The molecule has 4 aliphatic rings. The minimum Gasteiger partial charge on any atom is -0.299 e. The topological polar surface area (TPSA) is 6.48 Å².